The van der Waals surface area contributed by atoms with Gasteiger partial charge in [-0.05, 0) is 94.5 Å². The number of benzene rings is 1. The number of imidazole rings is 1. The zero-order valence-electron chi connectivity index (χ0n) is 24.7. The molecule has 39 heavy (non-hydrogen) atoms. The number of rotatable bonds is 14. The molecule has 216 valence electrons. The first-order chi connectivity index (χ1) is 18.5. The molecule has 1 fully saturated rings. The van der Waals surface area contributed by atoms with Gasteiger partial charge in [0.05, 0.1) is 12.0 Å². The minimum Gasteiger partial charge on any atom is -0.481 e. The molecule has 0 spiro atoms. The highest BCUT2D eigenvalue weighted by Crippen LogP contribution is 2.40. The third-order valence-corrected chi connectivity index (χ3v) is 8.52. The van der Waals surface area contributed by atoms with E-state index in [-0.39, 0.29) is 5.92 Å². The Morgan fingerprint density at radius 2 is 1.97 bits per heavy atom. The Balaban J connectivity index is 1.80. The highest BCUT2D eigenvalue weighted by molar-refractivity contribution is 5.75. The molecule has 1 unspecified atom stereocenters. The fraction of sp³-hybridized carbons (Fsp3) is 0.613. The lowest BCUT2D eigenvalue weighted by Gasteiger charge is -2.32. The van der Waals surface area contributed by atoms with Gasteiger partial charge in [-0.15, -0.1) is 0 Å². The number of allylic oxidation sites excluding steroid dienone is 1. The fourth-order valence-electron chi connectivity index (χ4n) is 5.65. The molecule has 0 radical (unpaired) electrons. The smallest absolute Gasteiger partial charge is 0.309 e. The van der Waals surface area contributed by atoms with Crippen molar-refractivity contribution in [2.75, 3.05) is 19.6 Å². The monoisotopic (exact) mass is 538 g/mol. The number of hydrogen-bond donors (Lipinski definition) is 3. The summed E-state index contributed by atoms with van der Waals surface area (Å²) in [6.45, 7) is 14.6. The minimum atomic E-state index is -0.955. The maximum Gasteiger partial charge on any atom is 0.309 e. The Hall–Kier alpha value is -2.84. The van der Waals surface area contributed by atoms with Crippen molar-refractivity contribution in [2.45, 2.75) is 92.2 Å². The zero-order valence-corrected chi connectivity index (χ0v) is 24.7. The number of carboxylic acid groups (broad SMARTS) is 1. The SMILES string of the molecule is CCCN(N)/C=C(\N)CCC(c1ccc(C)c(Cn2ccnc2CN2CCC(CC)CC2)c1)C(C)(C)C(=O)O. The zero-order chi connectivity index (χ0) is 28.6. The standard InChI is InChI=1S/C31H50N6O2/c1-6-15-37(33)21-27(32)10-11-28(31(4,5)30(38)39)25-9-8-23(3)26(19-25)20-36-18-14-34-29(36)22-35-16-12-24(7-2)13-17-35/h8-9,14,18-19,21,24,28H,6-7,10-13,15-17,20,22,32-33H2,1-5H3,(H,38,39)/b27-21-. The number of nitrogens with zero attached hydrogens (tertiary/aromatic N) is 4. The number of nitrogens with two attached hydrogens (primary N) is 2. The van der Waals surface area contributed by atoms with Crippen molar-refractivity contribution in [2.24, 2.45) is 22.9 Å². The summed E-state index contributed by atoms with van der Waals surface area (Å²) >= 11 is 0. The number of aliphatic carboxylic acids is 1. The summed E-state index contributed by atoms with van der Waals surface area (Å²) in [4.78, 5) is 19.5. The summed E-state index contributed by atoms with van der Waals surface area (Å²) < 4.78 is 2.24. The van der Waals surface area contributed by atoms with Crippen molar-refractivity contribution in [1.82, 2.24) is 19.5 Å². The van der Waals surface area contributed by atoms with E-state index in [1.54, 1.807) is 25.1 Å². The molecular formula is C31H50N6O2. The van der Waals surface area contributed by atoms with Crippen molar-refractivity contribution in [3.8, 4) is 0 Å². The van der Waals surface area contributed by atoms with Crippen LogP contribution in [0.15, 0.2) is 42.5 Å². The van der Waals surface area contributed by atoms with Crippen LogP contribution < -0.4 is 11.6 Å². The third-order valence-electron chi connectivity index (χ3n) is 8.52. The third kappa shape index (κ3) is 8.32. The second-order valence-corrected chi connectivity index (χ2v) is 11.8. The van der Waals surface area contributed by atoms with E-state index in [0.29, 0.717) is 25.1 Å². The summed E-state index contributed by atoms with van der Waals surface area (Å²) in [5.41, 5.74) is 9.38. The van der Waals surface area contributed by atoms with Gasteiger partial charge in [-0.25, -0.2) is 10.8 Å². The molecule has 1 aromatic heterocycles. The Morgan fingerprint density at radius 1 is 1.26 bits per heavy atom. The highest BCUT2D eigenvalue weighted by atomic mass is 16.4. The van der Waals surface area contributed by atoms with E-state index in [0.717, 1.165) is 49.9 Å². The molecule has 1 aliphatic heterocycles. The molecule has 8 heteroatoms. The number of hydrogen-bond acceptors (Lipinski definition) is 6. The van der Waals surface area contributed by atoms with E-state index < -0.39 is 11.4 Å². The van der Waals surface area contributed by atoms with Crippen LogP contribution >= 0.6 is 0 Å². The van der Waals surface area contributed by atoms with Gasteiger partial charge in [0.15, 0.2) is 0 Å². The predicted molar refractivity (Wildman–Crippen MR) is 158 cm³/mol. The molecule has 3 rings (SSSR count). The fourth-order valence-corrected chi connectivity index (χ4v) is 5.65. The lowest BCUT2D eigenvalue weighted by atomic mass is 9.72. The van der Waals surface area contributed by atoms with Gasteiger partial charge >= 0.3 is 5.97 Å². The summed E-state index contributed by atoms with van der Waals surface area (Å²) in [7, 11) is 0. The second-order valence-electron chi connectivity index (χ2n) is 11.8. The Labute approximate surface area is 235 Å². The minimum absolute atomic E-state index is 0.208. The maximum absolute atomic E-state index is 12.3. The van der Waals surface area contributed by atoms with Crippen molar-refractivity contribution in [1.29, 1.82) is 0 Å². The number of likely N-dealkylation sites (tertiary alicyclic amines) is 1. The van der Waals surface area contributed by atoms with E-state index in [1.807, 2.05) is 6.20 Å². The molecule has 0 aliphatic carbocycles. The lowest BCUT2D eigenvalue weighted by Crippen LogP contribution is -2.34. The Kier molecular flexibility index (Phi) is 11.0. The number of carbonyl (C=O) groups is 1. The van der Waals surface area contributed by atoms with Crippen LogP contribution in [0.3, 0.4) is 0 Å². The van der Waals surface area contributed by atoms with Crippen molar-refractivity contribution in [3.63, 3.8) is 0 Å². The van der Waals surface area contributed by atoms with E-state index in [4.69, 9.17) is 16.6 Å². The number of hydrazine groups is 1. The first-order valence-corrected chi connectivity index (χ1v) is 14.6. The van der Waals surface area contributed by atoms with E-state index >= 15 is 0 Å². The predicted octanol–water partition coefficient (Wildman–Crippen LogP) is 5.22. The van der Waals surface area contributed by atoms with E-state index in [1.165, 1.54) is 30.4 Å². The molecule has 0 bridgehead atoms. The van der Waals surface area contributed by atoms with Crippen molar-refractivity contribution < 1.29 is 9.90 Å². The van der Waals surface area contributed by atoms with Gasteiger partial charge in [-0.1, -0.05) is 38.5 Å². The molecule has 0 saturated carbocycles. The summed E-state index contributed by atoms with van der Waals surface area (Å²) in [5, 5.41) is 11.7. The molecule has 1 atom stereocenters. The van der Waals surface area contributed by atoms with Crippen LogP contribution in [0.5, 0.6) is 0 Å². The number of aromatic nitrogens is 2. The van der Waals surface area contributed by atoms with Gasteiger partial charge in [-0.3, -0.25) is 9.69 Å². The molecule has 1 aliphatic rings. The van der Waals surface area contributed by atoms with Gasteiger partial charge in [0.1, 0.15) is 5.82 Å². The molecule has 5 N–H and O–H groups in total. The number of piperidine rings is 1. The molecule has 0 amide bonds. The molecule has 8 nitrogen and oxygen atoms in total. The average Bonchev–Trinajstić information content (AvgIpc) is 3.32. The normalized spacial score (nSPS) is 16.4. The summed E-state index contributed by atoms with van der Waals surface area (Å²) in [6, 6.07) is 6.38. The van der Waals surface area contributed by atoms with Gasteiger partial charge in [0.25, 0.3) is 0 Å². The Morgan fingerprint density at radius 3 is 2.62 bits per heavy atom. The van der Waals surface area contributed by atoms with Crippen LogP contribution in [-0.2, 0) is 17.9 Å². The van der Waals surface area contributed by atoms with Crippen molar-refractivity contribution >= 4 is 5.97 Å². The van der Waals surface area contributed by atoms with Gasteiger partial charge in [-0.2, -0.15) is 0 Å². The quantitative estimate of drug-likeness (QED) is 0.223. The number of aryl methyl sites for hydroxylation is 1. The maximum atomic E-state index is 12.3. The first-order valence-electron chi connectivity index (χ1n) is 14.6. The summed E-state index contributed by atoms with van der Waals surface area (Å²) in [6.07, 6.45) is 11.6. The van der Waals surface area contributed by atoms with Gasteiger partial charge in [0, 0.05) is 37.4 Å². The van der Waals surface area contributed by atoms with Crippen LogP contribution in [0.2, 0.25) is 0 Å². The molecule has 1 saturated heterocycles. The largest absolute Gasteiger partial charge is 0.481 e. The van der Waals surface area contributed by atoms with Crippen LogP contribution in [0.25, 0.3) is 0 Å². The number of carboxylic acids is 1. The van der Waals surface area contributed by atoms with Gasteiger partial charge < -0.3 is 20.4 Å². The van der Waals surface area contributed by atoms with Crippen molar-refractivity contribution in [3.05, 3.63) is 65.0 Å². The topological polar surface area (TPSA) is 114 Å². The molecular weight excluding hydrogens is 488 g/mol. The lowest BCUT2D eigenvalue weighted by molar-refractivity contribution is -0.148. The Bertz CT molecular complexity index is 1100. The molecule has 1 aromatic carbocycles. The summed E-state index contributed by atoms with van der Waals surface area (Å²) in [5.74, 6) is 6.90. The van der Waals surface area contributed by atoms with Crippen LogP contribution in [0.1, 0.15) is 94.7 Å². The van der Waals surface area contributed by atoms with E-state index in [9.17, 15) is 9.90 Å². The average molecular weight is 539 g/mol. The van der Waals surface area contributed by atoms with Crippen LogP contribution in [0, 0.1) is 18.3 Å². The van der Waals surface area contributed by atoms with Crippen LogP contribution in [0.4, 0.5) is 0 Å². The second kappa shape index (κ2) is 14.0. The van der Waals surface area contributed by atoms with E-state index in [2.05, 4.69) is 54.6 Å². The molecule has 2 aromatic rings. The molecule has 2 heterocycles. The highest BCUT2D eigenvalue weighted by Gasteiger charge is 2.37. The van der Waals surface area contributed by atoms with Crippen LogP contribution in [-0.4, -0.2) is 50.2 Å². The first kappa shape index (κ1) is 30.7. The van der Waals surface area contributed by atoms with Gasteiger partial charge in [0.2, 0.25) is 0 Å².